The second kappa shape index (κ2) is 6.29. The first-order chi connectivity index (χ1) is 9.08. The lowest BCUT2D eigenvalue weighted by Gasteiger charge is -2.32. The summed E-state index contributed by atoms with van der Waals surface area (Å²) in [6.45, 7) is 6.09. The van der Waals surface area contributed by atoms with E-state index in [1.165, 1.54) is 31.4 Å². The van der Waals surface area contributed by atoms with E-state index in [1.807, 2.05) is 6.07 Å². The van der Waals surface area contributed by atoms with Crippen LogP contribution in [0.3, 0.4) is 0 Å². The van der Waals surface area contributed by atoms with Crippen molar-refractivity contribution in [3.05, 3.63) is 23.3 Å². The molecule has 1 aliphatic rings. The fraction of sp³-hybridized carbons (Fsp3) is 0.625. The number of hydrogen-bond donors (Lipinski definition) is 1. The minimum atomic E-state index is 0.667. The van der Waals surface area contributed by atoms with Crippen molar-refractivity contribution in [3.63, 3.8) is 0 Å². The van der Waals surface area contributed by atoms with Crippen LogP contribution in [-0.4, -0.2) is 31.1 Å². The van der Waals surface area contributed by atoms with E-state index in [4.69, 9.17) is 10.5 Å². The second-order valence-electron chi connectivity index (χ2n) is 5.77. The predicted octanol–water partition coefficient (Wildman–Crippen LogP) is 3.14. The maximum atomic E-state index is 6.03. The summed E-state index contributed by atoms with van der Waals surface area (Å²) in [5, 5.41) is 0. The molecule has 1 atom stereocenters. The summed E-state index contributed by atoms with van der Waals surface area (Å²) in [7, 11) is 2.22. The van der Waals surface area contributed by atoms with Gasteiger partial charge in [-0.3, -0.25) is 0 Å². The quantitative estimate of drug-likeness (QED) is 0.847. The van der Waals surface area contributed by atoms with Crippen LogP contribution in [0.2, 0.25) is 0 Å². The Bertz CT molecular complexity index is 408. The number of aryl methyl sites for hydroxylation is 2. The lowest BCUT2D eigenvalue weighted by molar-refractivity contribution is 0.153. The minimum absolute atomic E-state index is 0.667. The van der Waals surface area contributed by atoms with E-state index < -0.39 is 0 Å². The van der Waals surface area contributed by atoms with Crippen LogP contribution in [0.5, 0.6) is 5.75 Å². The Labute approximate surface area is 116 Å². The van der Waals surface area contributed by atoms with E-state index in [0.29, 0.717) is 6.04 Å². The van der Waals surface area contributed by atoms with Crippen LogP contribution in [0.15, 0.2) is 12.1 Å². The van der Waals surface area contributed by atoms with Gasteiger partial charge in [0.25, 0.3) is 0 Å². The van der Waals surface area contributed by atoms with Crippen molar-refractivity contribution in [1.29, 1.82) is 0 Å². The first kappa shape index (κ1) is 14.2. The largest absolute Gasteiger partial charge is 0.491 e. The number of rotatable bonds is 4. The fourth-order valence-corrected chi connectivity index (χ4v) is 2.99. The molecule has 19 heavy (non-hydrogen) atoms. The highest BCUT2D eigenvalue weighted by molar-refractivity contribution is 5.58. The molecule has 3 nitrogen and oxygen atoms in total. The number of anilines is 1. The van der Waals surface area contributed by atoms with Crippen LogP contribution >= 0.6 is 0 Å². The van der Waals surface area contributed by atoms with Gasteiger partial charge in [-0.1, -0.05) is 12.5 Å². The second-order valence-corrected chi connectivity index (χ2v) is 5.77. The summed E-state index contributed by atoms with van der Waals surface area (Å²) in [5.74, 6) is 0.865. The summed E-state index contributed by atoms with van der Waals surface area (Å²) < 4.78 is 5.92. The normalized spacial score (nSPS) is 20.5. The van der Waals surface area contributed by atoms with E-state index in [9.17, 15) is 0 Å². The van der Waals surface area contributed by atoms with Gasteiger partial charge in [0.05, 0.1) is 12.3 Å². The van der Waals surface area contributed by atoms with E-state index >= 15 is 0 Å². The Morgan fingerprint density at radius 1 is 1.32 bits per heavy atom. The van der Waals surface area contributed by atoms with Gasteiger partial charge in [-0.05, 0) is 63.9 Å². The maximum absolute atomic E-state index is 6.03. The van der Waals surface area contributed by atoms with Crippen LogP contribution in [-0.2, 0) is 0 Å². The van der Waals surface area contributed by atoms with Gasteiger partial charge in [-0.15, -0.1) is 0 Å². The summed E-state index contributed by atoms with van der Waals surface area (Å²) in [6.07, 6.45) is 5.06. The molecule has 1 aliphatic heterocycles. The Hall–Kier alpha value is -1.22. The Morgan fingerprint density at radius 3 is 2.79 bits per heavy atom. The molecule has 1 aromatic rings. The summed E-state index contributed by atoms with van der Waals surface area (Å²) in [4.78, 5) is 2.46. The average molecular weight is 262 g/mol. The third-order valence-corrected chi connectivity index (χ3v) is 4.07. The summed E-state index contributed by atoms with van der Waals surface area (Å²) >= 11 is 0. The molecule has 1 heterocycles. The average Bonchev–Trinajstić information content (AvgIpc) is 2.34. The molecule has 1 aromatic carbocycles. The van der Waals surface area contributed by atoms with E-state index in [1.54, 1.807) is 0 Å². The van der Waals surface area contributed by atoms with Crippen molar-refractivity contribution in [1.82, 2.24) is 4.90 Å². The van der Waals surface area contributed by atoms with Crippen molar-refractivity contribution < 1.29 is 4.74 Å². The lowest BCUT2D eigenvalue weighted by atomic mass is 10.0. The van der Waals surface area contributed by atoms with Gasteiger partial charge < -0.3 is 15.4 Å². The first-order valence-corrected chi connectivity index (χ1v) is 7.27. The van der Waals surface area contributed by atoms with Crippen molar-refractivity contribution in [2.45, 2.75) is 45.6 Å². The van der Waals surface area contributed by atoms with Gasteiger partial charge in [0.2, 0.25) is 0 Å². The topological polar surface area (TPSA) is 38.5 Å². The van der Waals surface area contributed by atoms with Crippen LogP contribution in [0, 0.1) is 13.8 Å². The van der Waals surface area contributed by atoms with Crippen LogP contribution in [0.25, 0.3) is 0 Å². The molecule has 0 bridgehead atoms. The number of nitrogen functional groups attached to an aromatic ring is 1. The SMILES string of the molecule is Cc1cc(C)c(OCCC2CCCCN2C)c(N)c1. The zero-order valence-corrected chi connectivity index (χ0v) is 12.4. The number of nitrogens with zero attached hydrogens (tertiary/aromatic N) is 1. The Balaban J connectivity index is 1.89. The van der Waals surface area contributed by atoms with Gasteiger partial charge in [0, 0.05) is 6.04 Å². The van der Waals surface area contributed by atoms with Gasteiger partial charge in [-0.2, -0.15) is 0 Å². The zero-order valence-electron chi connectivity index (χ0n) is 12.4. The van der Waals surface area contributed by atoms with E-state index in [-0.39, 0.29) is 0 Å². The van der Waals surface area contributed by atoms with Gasteiger partial charge >= 0.3 is 0 Å². The monoisotopic (exact) mass is 262 g/mol. The molecular formula is C16H26N2O. The molecule has 2 N–H and O–H groups in total. The predicted molar refractivity (Wildman–Crippen MR) is 80.7 cm³/mol. The molecular weight excluding hydrogens is 236 g/mol. The zero-order chi connectivity index (χ0) is 13.8. The lowest BCUT2D eigenvalue weighted by Crippen LogP contribution is -2.37. The number of benzene rings is 1. The van der Waals surface area contributed by atoms with Gasteiger partial charge in [0.1, 0.15) is 5.75 Å². The molecule has 1 fully saturated rings. The highest BCUT2D eigenvalue weighted by atomic mass is 16.5. The molecule has 1 unspecified atom stereocenters. The first-order valence-electron chi connectivity index (χ1n) is 7.27. The molecule has 2 rings (SSSR count). The third kappa shape index (κ3) is 3.63. The number of ether oxygens (including phenoxy) is 1. The smallest absolute Gasteiger partial charge is 0.145 e. The number of hydrogen-bond acceptors (Lipinski definition) is 3. The molecule has 0 amide bonds. The third-order valence-electron chi connectivity index (χ3n) is 4.07. The number of likely N-dealkylation sites (tertiary alicyclic amines) is 1. The number of piperidine rings is 1. The van der Waals surface area contributed by atoms with Crippen molar-refractivity contribution in [3.8, 4) is 5.75 Å². The summed E-state index contributed by atoms with van der Waals surface area (Å²) in [5.41, 5.74) is 9.12. The van der Waals surface area contributed by atoms with Crippen LogP contribution in [0.1, 0.15) is 36.8 Å². The van der Waals surface area contributed by atoms with Crippen molar-refractivity contribution in [2.75, 3.05) is 25.9 Å². The molecule has 1 saturated heterocycles. The fourth-order valence-electron chi connectivity index (χ4n) is 2.99. The number of nitrogens with two attached hydrogens (primary N) is 1. The Morgan fingerprint density at radius 2 is 2.11 bits per heavy atom. The maximum Gasteiger partial charge on any atom is 0.145 e. The van der Waals surface area contributed by atoms with Crippen molar-refractivity contribution >= 4 is 5.69 Å². The molecule has 3 heteroatoms. The van der Waals surface area contributed by atoms with Gasteiger partial charge in [-0.25, -0.2) is 0 Å². The molecule has 0 aromatic heterocycles. The molecule has 0 aliphatic carbocycles. The standard InChI is InChI=1S/C16H26N2O/c1-12-10-13(2)16(15(17)11-12)19-9-7-14-6-4-5-8-18(14)3/h10-11,14H,4-9,17H2,1-3H3. The molecule has 0 spiro atoms. The van der Waals surface area contributed by atoms with Crippen molar-refractivity contribution in [2.24, 2.45) is 0 Å². The Kier molecular flexibility index (Phi) is 4.70. The van der Waals surface area contributed by atoms with Gasteiger partial charge in [0.15, 0.2) is 0 Å². The van der Waals surface area contributed by atoms with E-state index in [0.717, 1.165) is 30.0 Å². The highest BCUT2D eigenvalue weighted by Gasteiger charge is 2.18. The molecule has 0 radical (unpaired) electrons. The minimum Gasteiger partial charge on any atom is -0.491 e. The highest BCUT2D eigenvalue weighted by Crippen LogP contribution is 2.28. The molecule has 106 valence electrons. The summed E-state index contributed by atoms with van der Waals surface area (Å²) in [6, 6.07) is 4.77. The molecule has 0 saturated carbocycles. The van der Waals surface area contributed by atoms with E-state index in [2.05, 4.69) is 31.9 Å². The van der Waals surface area contributed by atoms with Crippen LogP contribution < -0.4 is 10.5 Å². The van der Waals surface area contributed by atoms with Crippen LogP contribution in [0.4, 0.5) is 5.69 Å².